The van der Waals surface area contributed by atoms with Crippen molar-refractivity contribution in [3.8, 4) is 5.75 Å². The van der Waals surface area contributed by atoms with E-state index in [4.69, 9.17) is 4.52 Å². The van der Waals surface area contributed by atoms with E-state index in [-0.39, 0.29) is 12.1 Å². The second-order valence-electron chi connectivity index (χ2n) is 3.87. The van der Waals surface area contributed by atoms with Crippen molar-refractivity contribution in [3.05, 3.63) is 45.6 Å². The maximum absolute atomic E-state index is 11.8. The Bertz CT molecular complexity index is 667. The predicted molar refractivity (Wildman–Crippen MR) is 65.0 cm³/mol. The average Bonchev–Trinajstić information content (AvgIpc) is 2.82. The largest absolute Gasteiger partial charge is 0.502 e. The summed E-state index contributed by atoms with van der Waals surface area (Å²) < 4.78 is 4.73. The summed E-state index contributed by atoms with van der Waals surface area (Å²) in [7, 11) is 0. The van der Waals surface area contributed by atoms with E-state index in [0.717, 1.165) is 12.1 Å². The van der Waals surface area contributed by atoms with Crippen LogP contribution in [0.1, 0.15) is 22.1 Å². The molecule has 2 aromatic rings. The number of nitro groups is 1. The van der Waals surface area contributed by atoms with Crippen molar-refractivity contribution in [2.24, 2.45) is 0 Å². The summed E-state index contributed by atoms with van der Waals surface area (Å²) in [5.41, 5.74) is -0.484. The number of carbonyl (C=O) groups excluding carboxylic acids is 1. The Hall–Kier alpha value is -2.97. The second kappa shape index (κ2) is 5.34. The smallest absolute Gasteiger partial charge is 0.311 e. The van der Waals surface area contributed by atoms with Gasteiger partial charge in [-0.15, -0.1) is 0 Å². The first kappa shape index (κ1) is 13.5. The van der Waals surface area contributed by atoms with Crippen LogP contribution in [0.2, 0.25) is 0 Å². The van der Waals surface area contributed by atoms with Gasteiger partial charge in [-0.25, -0.2) is 0 Å². The van der Waals surface area contributed by atoms with Crippen molar-refractivity contribution in [1.82, 2.24) is 15.5 Å². The summed E-state index contributed by atoms with van der Waals surface area (Å²) in [5, 5.41) is 26.0. The molecule has 0 saturated carbocycles. The molecule has 9 heteroatoms. The number of nitro benzene ring substituents is 1. The molecule has 0 saturated heterocycles. The Morgan fingerprint density at radius 3 is 2.90 bits per heavy atom. The molecule has 0 radical (unpaired) electrons. The van der Waals surface area contributed by atoms with Crippen molar-refractivity contribution in [1.29, 1.82) is 0 Å². The fourth-order valence-electron chi connectivity index (χ4n) is 1.49. The molecule has 0 fully saturated rings. The van der Waals surface area contributed by atoms with E-state index >= 15 is 0 Å². The van der Waals surface area contributed by atoms with Crippen LogP contribution >= 0.6 is 0 Å². The van der Waals surface area contributed by atoms with Crippen molar-refractivity contribution in [2.45, 2.75) is 13.5 Å². The summed E-state index contributed by atoms with van der Waals surface area (Å²) in [6.07, 6.45) is 0. The molecule has 0 unspecified atom stereocenters. The third kappa shape index (κ3) is 2.88. The standard InChI is InChI=1S/C11H10N4O5/c1-6-13-10(14-20-6)5-12-11(17)7-2-3-9(16)8(4-7)15(18)19/h2-4,16H,5H2,1H3,(H,12,17). The average molecular weight is 278 g/mol. The minimum atomic E-state index is -0.769. The third-order valence-corrected chi connectivity index (χ3v) is 2.41. The zero-order valence-corrected chi connectivity index (χ0v) is 10.4. The first-order chi connectivity index (χ1) is 9.47. The molecular formula is C11H10N4O5. The molecule has 2 N–H and O–H groups in total. The molecule has 20 heavy (non-hydrogen) atoms. The van der Waals surface area contributed by atoms with Crippen LogP contribution in [-0.2, 0) is 6.54 Å². The highest BCUT2D eigenvalue weighted by Crippen LogP contribution is 2.26. The maximum atomic E-state index is 11.8. The lowest BCUT2D eigenvalue weighted by molar-refractivity contribution is -0.385. The number of aryl methyl sites for hydroxylation is 1. The van der Waals surface area contributed by atoms with Gasteiger partial charge >= 0.3 is 5.69 Å². The number of hydrogen-bond acceptors (Lipinski definition) is 7. The van der Waals surface area contributed by atoms with Gasteiger partial charge in [0, 0.05) is 18.6 Å². The lowest BCUT2D eigenvalue weighted by Crippen LogP contribution is -2.23. The van der Waals surface area contributed by atoms with E-state index in [1.165, 1.54) is 6.07 Å². The number of carbonyl (C=O) groups is 1. The zero-order chi connectivity index (χ0) is 14.7. The first-order valence-electron chi connectivity index (χ1n) is 5.52. The minimum absolute atomic E-state index is 0.0326. The number of aromatic hydroxyl groups is 1. The van der Waals surface area contributed by atoms with Crippen LogP contribution in [0.5, 0.6) is 5.75 Å². The molecule has 0 atom stereocenters. The summed E-state index contributed by atoms with van der Waals surface area (Å²) >= 11 is 0. The van der Waals surface area contributed by atoms with Gasteiger partial charge in [0.05, 0.1) is 11.5 Å². The number of aromatic nitrogens is 2. The fourth-order valence-corrected chi connectivity index (χ4v) is 1.49. The normalized spacial score (nSPS) is 10.2. The molecule has 1 amide bonds. The summed E-state index contributed by atoms with van der Waals surface area (Å²) in [5.74, 6) is -0.380. The quantitative estimate of drug-likeness (QED) is 0.627. The van der Waals surface area contributed by atoms with Crippen LogP contribution in [-0.4, -0.2) is 26.1 Å². The van der Waals surface area contributed by atoms with Gasteiger partial charge in [0.25, 0.3) is 5.91 Å². The van der Waals surface area contributed by atoms with Gasteiger partial charge in [0.2, 0.25) is 5.89 Å². The van der Waals surface area contributed by atoms with Crippen LogP contribution < -0.4 is 5.32 Å². The molecule has 0 aliphatic carbocycles. The lowest BCUT2D eigenvalue weighted by atomic mass is 10.1. The van der Waals surface area contributed by atoms with Crippen molar-refractivity contribution < 1.29 is 19.3 Å². The van der Waals surface area contributed by atoms with Gasteiger partial charge in [-0.2, -0.15) is 4.98 Å². The topological polar surface area (TPSA) is 131 Å². The van der Waals surface area contributed by atoms with Gasteiger partial charge in [-0.1, -0.05) is 5.16 Å². The highest BCUT2D eigenvalue weighted by atomic mass is 16.6. The number of rotatable bonds is 4. The number of nitrogens with zero attached hydrogens (tertiary/aromatic N) is 3. The Morgan fingerprint density at radius 2 is 2.30 bits per heavy atom. The van der Waals surface area contributed by atoms with E-state index in [1.807, 2.05) is 0 Å². The van der Waals surface area contributed by atoms with Gasteiger partial charge in [0.15, 0.2) is 11.6 Å². The molecule has 104 valence electrons. The van der Waals surface area contributed by atoms with Crippen LogP contribution in [0.25, 0.3) is 0 Å². The Balaban J connectivity index is 2.09. The van der Waals surface area contributed by atoms with E-state index in [2.05, 4.69) is 15.5 Å². The van der Waals surface area contributed by atoms with Crippen LogP contribution in [0.15, 0.2) is 22.7 Å². The molecule has 0 bridgehead atoms. The predicted octanol–water partition coefficient (Wildman–Crippen LogP) is 0.922. The molecule has 0 aliphatic heterocycles. The summed E-state index contributed by atoms with van der Waals surface area (Å²) in [6.45, 7) is 1.65. The molecule has 1 heterocycles. The number of benzene rings is 1. The van der Waals surface area contributed by atoms with E-state index in [9.17, 15) is 20.0 Å². The second-order valence-corrected chi connectivity index (χ2v) is 3.87. The molecular weight excluding hydrogens is 268 g/mol. The number of hydrogen-bond donors (Lipinski definition) is 2. The SMILES string of the molecule is Cc1nc(CNC(=O)c2ccc(O)c([N+](=O)[O-])c2)no1. The number of phenolic OH excluding ortho intramolecular Hbond substituents is 1. The van der Waals surface area contributed by atoms with Gasteiger partial charge in [-0.3, -0.25) is 14.9 Å². The number of phenols is 1. The Morgan fingerprint density at radius 1 is 1.55 bits per heavy atom. The molecule has 9 nitrogen and oxygen atoms in total. The molecule has 2 rings (SSSR count). The van der Waals surface area contributed by atoms with E-state index < -0.39 is 22.3 Å². The Kier molecular flexibility index (Phi) is 3.60. The molecule has 0 aliphatic rings. The molecule has 0 spiro atoms. The third-order valence-electron chi connectivity index (χ3n) is 2.41. The number of nitrogens with one attached hydrogen (secondary N) is 1. The Labute approximate surface area is 112 Å². The zero-order valence-electron chi connectivity index (χ0n) is 10.4. The molecule has 1 aromatic carbocycles. The van der Waals surface area contributed by atoms with Crippen molar-refractivity contribution in [2.75, 3.05) is 0 Å². The van der Waals surface area contributed by atoms with Crippen LogP contribution in [0.4, 0.5) is 5.69 Å². The first-order valence-corrected chi connectivity index (χ1v) is 5.52. The molecule has 1 aromatic heterocycles. The highest BCUT2D eigenvalue weighted by Gasteiger charge is 2.17. The lowest BCUT2D eigenvalue weighted by Gasteiger charge is -2.03. The minimum Gasteiger partial charge on any atom is -0.502 e. The van der Waals surface area contributed by atoms with Gasteiger partial charge < -0.3 is 14.9 Å². The maximum Gasteiger partial charge on any atom is 0.311 e. The van der Waals surface area contributed by atoms with Crippen LogP contribution in [0.3, 0.4) is 0 Å². The van der Waals surface area contributed by atoms with E-state index in [1.54, 1.807) is 6.92 Å². The van der Waals surface area contributed by atoms with E-state index in [0.29, 0.717) is 11.7 Å². The monoisotopic (exact) mass is 278 g/mol. The van der Waals surface area contributed by atoms with Crippen molar-refractivity contribution in [3.63, 3.8) is 0 Å². The summed E-state index contributed by atoms with van der Waals surface area (Å²) in [6, 6.07) is 3.36. The van der Waals surface area contributed by atoms with Crippen LogP contribution in [0, 0.1) is 17.0 Å². The summed E-state index contributed by atoms with van der Waals surface area (Å²) in [4.78, 5) is 25.6. The van der Waals surface area contributed by atoms with Gasteiger partial charge in [-0.05, 0) is 12.1 Å². The van der Waals surface area contributed by atoms with Crippen molar-refractivity contribution >= 4 is 11.6 Å². The van der Waals surface area contributed by atoms with Gasteiger partial charge in [0.1, 0.15) is 0 Å². The number of amides is 1. The fraction of sp³-hybridized carbons (Fsp3) is 0.182. The highest BCUT2D eigenvalue weighted by molar-refractivity contribution is 5.95.